The molecule has 1 saturated heterocycles. The molecule has 1 fully saturated rings. The molecule has 0 radical (unpaired) electrons. The summed E-state index contributed by atoms with van der Waals surface area (Å²) in [6, 6.07) is 5.35. The van der Waals surface area contributed by atoms with Crippen LogP contribution in [0.5, 0.6) is 0 Å². The molecule has 0 amide bonds. The van der Waals surface area contributed by atoms with E-state index in [-0.39, 0.29) is 11.8 Å². The topological polar surface area (TPSA) is 38.3 Å². The molecule has 1 aliphatic rings. The highest BCUT2D eigenvalue weighted by Crippen LogP contribution is 2.22. The molecule has 1 heterocycles. The fourth-order valence-electron chi connectivity index (χ4n) is 1.75. The molecule has 5 heteroatoms. The number of halogens is 2. The number of Topliss-reactive ketones (excluding diaryl/α,β-unsaturated/α-hetero) is 1. The third-order valence-corrected chi connectivity index (χ3v) is 3.54. The average molecular weight is 319 g/mol. The van der Waals surface area contributed by atoms with E-state index in [1.165, 1.54) is 0 Å². The summed E-state index contributed by atoms with van der Waals surface area (Å²) in [5, 5.41) is 3.76. The quantitative estimate of drug-likeness (QED) is 0.928. The van der Waals surface area contributed by atoms with Gasteiger partial charge in [-0.15, -0.1) is 0 Å². The maximum atomic E-state index is 12.0. The number of morpholine rings is 1. The molecular weight excluding hydrogens is 305 g/mol. The van der Waals surface area contributed by atoms with E-state index < -0.39 is 0 Å². The second-order valence-corrected chi connectivity index (χ2v) is 5.28. The highest BCUT2D eigenvalue weighted by Gasteiger charge is 2.21. The van der Waals surface area contributed by atoms with Crippen LogP contribution in [0.3, 0.4) is 0 Å². The smallest absolute Gasteiger partial charge is 0.156 e. The van der Waals surface area contributed by atoms with Gasteiger partial charge in [0, 0.05) is 22.5 Å². The Kier molecular flexibility index (Phi) is 4.56. The number of ether oxygens (including phenoxy) is 1. The first-order valence-corrected chi connectivity index (χ1v) is 6.61. The minimum atomic E-state index is -0.205. The number of ketones is 1. The van der Waals surface area contributed by atoms with Gasteiger partial charge in [0.2, 0.25) is 0 Å². The molecular formula is C12H13BrClNO2. The predicted molar refractivity (Wildman–Crippen MR) is 70.5 cm³/mol. The summed E-state index contributed by atoms with van der Waals surface area (Å²) in [6.07, 6.45) is 0.340. The van der Waals surface area contributed by atoms with Gasteiger partial charge >= 0.3 is 0 Å². The monoisotopic (exact) mass is 317 g/mol. The van der Waals surface area contributed by atoms with Crippen LogP contribution in [0.1, 0.15) is 5.56 Å². The highest BCUT2D eigenvalue weighted by atomic mass is 79.9. The van der Waals surface area contributed by atoms with E-state index in [2.05, 4.69) is 21.2 Å². The number of hydrogen-bond acceptors (Lipinski definition) is 3. The van der Waals surface area contributed by atoms with Gasteiger partial charge in [0.05, 0.1) is 19.3 Å². The number of nitrogens with one attached hydrogen (secondary N) is 1. The Morgan fingerprint density at radius 3 is 3.06 bits per heavy atom. The maximum Gasteiger partial charge on any atom is 0.156 e. The molecule has 3 nitrogen and oxygen atoms in total. The summed E-state index contributed by atoms with van der Waals surface area (Å²) in [5.41, 5.74) is 0.854. The van der Waals surface area contributed by atoms with Crippen molar-refractivity contribution in [3.05, 3.63) is 33.3 Å². The SMILES string of the molecule is O=C(Cc1ccc(Br)cc1Cl)C1COCCN1. The average Bonchev–Trinajstić information content (AvgIpc) is 2.34. The lowest BCUT2D eigenvalue weighted by atomic mass is 10.0. The summed E-state index contributed by atoms with van der Waals surface area (Å²) in [7, 11) is 0. The van der Waals surface area contributed by atoms with E-state index >= 15 is 0 Å². The van der Waals surface area contributed by atoms with Crippen molar-refractivity contribution in [2.24, 2.45) is 0 Å². The lowest BCUT2D eigenvalue weighted by Gasteiger charge is -2.22. The first-order valence-electron chi connectivity index (χ1n) is 5.44. The summed E-state index contributed by atoms with van der Waals surface area (Å²) >= 11 is 9.42. The minimum absolute atomic E-state index is 0.119. The zero-order chi connectivity index (χ0) is 12.3. The highest BCUT2D eigenvalue weighted by molar-refractivity contribution is 9.10. The minimum Gasteiger partial charge on any atom is -0.378 e. The molecule has 1 aromatic carbocycles. The molecule has 2 rings (SSSR count). The van der Waals surface area contributed by atoms with Crippen LogP contribution in [0.25, 0.3) is 0 Å². The third-order valence-electron chi connectivity index (χ3n) is 2.69. The first kappa shape index (κ1) is 13.0. The fourth-order valence-corrected chi connectivity index (χ4v) is 2.49. The molecule has 17 heavy (non-hydrogen) atoms. The molecule has 0 saturated carbocycles. The van der Waals surface area contributed by atoms with Crippen LogP contribution in [0, 0.1) is 0 Å². The molecule has 0 aliphatic carbocycles. The Morgan fingerprint density at radius 2 is 2.41 bits per heavy atom. The van der Waals surface area contributed by atoms with Gasteiger partial charge < -0.3 is 10.1 Å². The van der Waals surface area contributed by atoms with Crippen molar-refractivity contribution in [3.8, 4) is 0 Å². The predicted octanol–water partition coefficient (Wildman–Crippen LogP) is 2.20. The molecule has 1 unspecified atom stereocenters. The normalized spacial score (nSPS) is 20.2. The van der Waals surface area contributed by atoms with Crippen LogP contribution in [0.4, 0.5) is 0 Å². The van der Waals surface area contributed by atoms with Crippen molar-refractivity contribution < 1.29 is 9.53 Å². The van der Waals surface area contributed by atoms with Gasteiger partial charge in [-0.2, -0.15) is 0 Å². The summed E-state index contributed by atoms with van der Waals surface area (Å²) in [6.45, 7) is 1.85. The molecule has 1 N–H and O–H groups in total. The molecule has 0 spiro atoms. The Labute approximate surface area is 114 Å². The van der Waals surface area contributed by atoms with Gasteiger partial charge in [0.25, 0.3) is 0 Å². The summed E-state index contributed by atoms with van der Waals surface area (Å²) in [4.78, 5) is 12.0. The van der Waals surface area contributed by atoms with Crippen molar-refractivity contribution in [2.75, 3.05) is 19.8 Å². The van der Waals surface area contributed by atoms with Gasteiger partial charge in [0.1, 0.15) is 0 Å². The molecule has 92 valence electrons. The van der Waals surface area contributed by atoms with Gasteiger partial charge in [0.15, 0.2) is 5.78 Å². The van der Waals surface area contributed by atoms with Crippen molar-refractivity contribution in [1.29, 1.82) is 0 Å². The molecule has 1 aliphatic heterocycles. The summed E-state index contributed by atoms with van der Waals surface area (Å²) in [5.74, 6) is 0.119. The van der Waals surface area contributed by atoms with E-state index in [0.717, 1.165) is 16.6 Å². The Hall–Kier alpha value is -0.420. The second kappa shape index (κ2) is 5.96. The van der Waals surface area contributed by atoms with Gasteiger partial charge in [-0.3, -0.25) is 4.79 Å². The molecule has 1 aromatic rings. The lowest BCUT2D eigenvalue weighted by molar-refractivity contribution is -0.123. The van der Waals surface area contributed by atoms with Crippen molar-refractivity contribution in [2.45, 2.75) is 12.5 Å². The number of carbonyl (C=O) groups is 1. The van der Waals surface area contributed by atoms with Crippen molar-refractivity contribution in [1.82, 2.24) is 5.32 Å². The zero-order valence-corrected chi connectivity index (χ0v) is 11.6. The molecule has 0 bridgehead atoms. The van der Waals surface area contributed by atoms with Gasteiger partial charge in [-0.1, -0.05) is 33.6 Å². The van der Waals surface area contributed by atoms with Crippen LogP contribution in [-0.4, -0.2) is 31.6 Å². The second-order valence-electron chi connectivity index (χ2n) is 3.96. The van der Waals surface area contributed by atoms with E-state index in [1.807, 2.05) is 12.1 Å². The fraction of sp³-hybridized carbons (Fsp3) is 0.417. The van der Waals surface area contributed by atoms with E-state index in [9.17, 15) is 4.79 Å². The lowest BCUT2D eigenvalue weighted by Crippen LogP contribution is -2.47. The maximum absolute atomic E-state index is 12.0. The first-order chi connectivity index (χ1) is 8.16. The largest absolute Gasteiger partial charge is 0.378 e. The number of carbonyl (C=O) groups excluding carboxylic acids is 1. The van der Waals surface area contributed by atoms with Gasteiger partial charge in [-0.25, -0.2) is 0 Å². The van der Waals surface area contributed by atoms with Crippen LogP contribution in [-0.2, 0) is 16.0 Å². The third kappa shape index (κ3) is 3.52. The van der Waals surface area contributed by atoms with Crippen molar-refractivity contribution >= 4 is 33.3 Å². The molecule has 1 atom stereocenters. The van der Waals surface area contributed by atoms with Crippen molar-refractivity contribution in [3.63, 3.8) is 0 Å². The van der Waals surface area contributed by atoms with Gasteiger partial charge in [-0.05, 0) is 17.7 Å². The van der Waals surface area contributed by atoms with Crippen LogP contribution < -0.4 is 5.32 Å². The zero-order valence-electron chi connectivity index (χ0n) is 9.21. The summed E-state index contributed by atoms with van der Waals surface area (Å²) < 4.78 is 6.18. The number of benzene rings is 1. The Morgan fingerprint density at radius 1 is 1.59 bits per heavy atom. The standard InChI is InChI=1S/C12H13BrClNO2/c13-9-2-1-8(10(14)6-9)5-12(16)11-7-17-4-3-15-11/h1-2,6,11,15H,3-5,7H2. The Balaban J connectivity index is 2.02. The number of hydrogen-bond donors (Lipinski definition) is 1. The molecule has 0 aromatic heterocycles. The van der Waals surface area contributed by atoms with Crippen LogP contribution >= 0.6 is 27.5 Å². The van der Waals surface area contributed by atoms with E-state index in [1.54, 1.807) is 6.07 Å². The Bertz CT molecular complexity index is 419. The van der Waals surface area contributed by atoms with E-state index in [4.69, 9.17) is 16.3 Å². The van der Waals surface area contributed by atoms with Crippen LogP contribution in [0.2, 0.25) is 5.02 Å². The van der Waals surface area contributed by atoms with E-state index in [0.29, 0.717) is 24.7 Å². The number of rotatable bonds is 3. The van der Waals surface area contributed by atoms with Crippen LogP contribution in [0.15, 0.2) is 22.7 Å².